The summed E-state index contributed by atoms with van der Waals surface area (Å²) in [7, 11) is 0. The van der Waals surface area contributed by atoms with Crippen molar-refractivity contribution in [3.8, 4) is 0 Å². The topological polar surface area (TPSA) is 47.3 Å². The maximum absolute atomic E-state index is 5.80. The summed E-state index contributed by atoms with van der Waals surface area (Å²) in [4.78, 5) is 0. The van der Waals surface area contributed by atoms with Crippen molar-refractivity contribution in [2.75, 3.05) is 6.61 Å². The van der Waals surface area contributed by atoms with Gasteiger partial charge in [-0.25, -0.2) is 0 Å². The minimum Gasteiger partial charge on any atom is -0.374 e. The minimum atomic E-state index is 0.0174. The third kappa shape index (κ3) is 1.79. The van der Waals surface area contributed by atoms with Gasteiger partial charge in [-0.05, 0) is 26.7 Å². The van der Waals surface area contributed by atoms with Gasteiger partial charge < -0.3 is 4.74 Å². The van der Waals surface area contributed by atoms with Gasteiger partial charge in [0.2, 0.25) is 0 Å². The lowest BCUT2D eigenvalue weighted by Gasteiger charge is -2.34. The molecule has 72 valence electrons. The van der Waals surface area contributed by atoms with Gasteiger partial charge >= 0.3 is 0 Å². The van der Waals surface area contributed by atoms with Crippen LogP contribution in [0.3, 0.4) is 0 Å². The van der Waals surface area contributed by atoms with Crippen molar-refractivity contribution in [2.45, 2.75) is 51.2 Å². The first-order chi connectivity index (χ1) is 5.75. The van der Waals surface area contributed by atoms with Crippen molar-refractivity contribution in [3.05, 3.63) is 0 Å². The van der Waals surface area contributed by atoms with Gasteiger partial charge in [0.1, 0.15) is 0 Å². The van der Waals surface area contributed by atoms with E-state index >= 15 is 0 Å². The predicted molar refractivity (Wildman–Crippen MR) is 49.6 cm³/mol. The van der Waals surface area contributed by atoms with E-state index in [9.17, 15) is 0 Å². The van der Waals surface area contributed by atoms with E-state index in [0.717, 1.165) is 19.4 Å². The first kappa shape index (κ1) is 9.96. The zero-order valence-electron chi connectivity index (χ0n) is 8.10. The summed E-state index contributed by atoms with van der Waals surface area (Å²) in [6.45, 7) is 4.93. The van der Waals surface area contributed by atoms with Crippen LogP contribution in [0, 0.1) is 0 Å². The molecule has 0 amide bonds. The largest absolute Gasteiger partial charge is 0.374 e. The van der Waals surface area contributed by atoms with Gasteiger partial charge in [-0.15, -0.1) is 0 Å². The van der Waals surface area contributed by atoms with E-state index in [0.29, 0.717) is 0 Å². The maximum atomic E-state index is 5.80. The molecule has 0 bridgehead atoms. The third-order valence-electron chi connectivity index (χ3n) is 2.92. The highest BCUT2D eigenvalue weighted by Crippen LogP contribution is 2.35. The molecular formula is C9H20N2O. The standard InChI is InChI=1S/C9H20N2O/c1-3-12-9(8(2)11-10)6-4-5-7-9/h8,11H,3-7,10H2,1-2H3. The highest BCUT2D eigenvalue weighted by molar-refractivity contribution is 4.93. The number of ether oxygens (including phenoxy) is 1. The zero-order valence-corrected chi connectivity index (χ0v) is 8.10. The Morgan fingerprint density at radius 2 is 2.08 bits per heavy atom. The molecule has 3 heteroatoms. The van der Waals surface area contributed by atoms with Crippen molar-refractivity contribution in [1.82, 2.24) is 5.43 Å². The Morgan fingerprint density at radius 3 is 2.50 bits per heavy atom. The molecule has 0 aliphatic heterocycles. The number of nitrogens with one attached hydrogen (secondary N) is 1. The second-order valence-electron chi connectivity index (χ2n) is 3.59. The summed E-state index contributed by atoms with van der Waals surface area (Å²) < 4.78 is 5.80. The minimum absolute atomic E-state index is 0.0174. The van der Waals surface area contributed by atoms with E-state index in [4.69, 9.17) is 10.6 Å². The van der Waals surface area contributed by atoms with E-state index in [-0.39, 0.29) is 11.6 Å². The Labute approximate surface area is 74.6 Å². The summed E-state index contributed by atoms with van der Waals surface area (Å²) in [5, 5.41) is 0. The van der Waals surface area contributed by atoms with E-state index in [1.807, 2.05) is 6.92 Å². The molecule has 0 aromatic rings. The van der Waals surface area contributed by atoms with Gasteiger partial charge in [-0.2, -0.15) is 0 Å². The number of hydrogen-bond acceptors (Lipinski definition) is 3. The summed E-state index contributed by atoms with van der Waals surface area (Å²) in [6.07, 6.45) is 4.83. The Balaban J connectivity index is 2.57. The Kier molecular flexibility index (Phi) is 3.50. The highest BCUT2D eigenvalue weighted by Gasteiger charge is 2.39. The van der Waals surface area contributed by atoms with Crippen molar-refractivity contribution in [1.29, 1.82) is 0 Å². The van der Waals surface area contributed by atoms with Gasteiger partial charge in [0.05, 0.1) is 5.60 Å². The van der Waals surface area contributed by atoms with Gasteiger partial charge in [-0.3, -0.25) is 11.3 Å². The van der Waals surface area contributed by atoms with Gasteiger partial charge in [0.25, 0.3) is 0 Å². The van der Waals surface area contributed by atoms with Crippen LogP contribution in [-0.2, 0) is 4.74 Å². The molecule has 0 heterocycles. The van der Waals surface area contributed by atoms with Crippen LogP contribution in [0.4, 0.5) is 0 Å². The van der Waals surface area contributed by atoms with Crippen LogP contribution >= 0.6 is 0 Å². The SMILES string of the molecule is CCOC1(C(C)NN)CCCC1. The fraction of sp³-hybridized carbons (Fsp3) is 1.00. The molecule has 1 saturated carbocycles. The lowest BCUT2D eigenvalue weighted by Crippen LogP contribution is -2.51. The average Bonchev–Trinajstić information content (AvgIpc) is 2.53. The molecule has 0 aromatic carbocycles. The number of rotatable bonds is 4. The first-order valence-corrected chi connectivity index (χ1v) is 4.85. The van der Waals surface area contributed by atoms with Crippen molar-refractivity contribution in [3.63, 3.8) is 0 Å². The van der Waals surface area contributed by atoms with Crippen molar-refractivity contribution < 1.29 is 4.74 Å². The number of hydrogen-bond donors (Lipinski definition) is 2. The Morgan fingerprint density at radius 1 is 1.50 bits per heavy atom. The molecule has 0 spiro atoms. The molecular weight excluding hydrogens is 152 g/mol. The second kappa shape index (κ2) is 4.21. The number of hydrazine groups is 1. The lowest BCUT2D eigenvalue weighted by molar-refractivity contribution is -0.0570. The van der Waals surface area contributed by atoms with E-state index in [1.165, 1.54) is 12.8 Å². The van der Waals surface area contributed by atoms with E-state index in [2.05, 4.69) is 12.3 Å². The summed E-state index contributed by atoms with van der Waals surface area (Å²) >= 11 is 0. The monoisotopic (exact) mass is 172 g/mol. The first-order valence-electron chi connectivity index (χ1n) is 4.85. The highest BCUT2D eigenvalue weighted by atomic mass is 16.5. The van der Waals surface area contributed by atoms with Gasteiger partial charge in [0.15, 0.2) is 0 Å². The lowest BCUT2D eigenvalue weighted by atomic mass is 9.94. The molecule has 3 N–H and O–H groups in total. The zero-order chi connectivity index (χ0) is 9.03. The quantitative estimate of drug-likeness (QED) is 0.494. The number of nitrogens with two attached hydrogens (primary N) is 1. The molecule has 1 atom stereocenters. The predicted octanol–water partition coefficient (Wildman–Crippen LogP) is 1.19. The van der Waals surface area contributed by atoms with E-state index < -0.39 is 0 Å². The molecule has 3 nitrogen and oxygen atoms in total. The molecule has 0 saturated heterocycles. The van der Waals surface area contributed by atoms with Gasteiger partial charge in [-0.1, -0.05) is 12.8 Å². The normalized spacial score (nSPS) is 24.2. The summed E-state index contributed by atoms with van der Waals surface area (Å²) in [5.74, 6) is 5.44. The summed E-state index contributed by atoms with van der Waals surface area (Å²) in [6, 6.07) is 0.264. The molecule has 1 unspecified atom stereocenters. The van der Waals surface area contributed by atoms with Crippen LogP contribution in [0.5, 0.6) is 0 Å². The van der Waals surface area contributed by atoms with Crippen molar-refractivity contribution in [2.24, 2.45) is 5.84 Å². The van der Waals surface area contributed by atoms with Crippen LogP contribution in [0.15, 0.2) is 0 Å². The van der Waals surface area contributed by atoms with E-state index in [1.54, 1.807) is 0 Å². The molecule has 1 aliphatic rings. The van der Waals surface area contributed by atoms with Crippen LogP contribution in [-0.4, -0.2) is 18.2 Å². The van der Waals surface area contributed by atoms with Crippen LogP contribution in [0.2, 0.25) is 0 Å². The molecule has 0 radical (unpaired) electrons. The molecule has 1 fully saturated rings. The fourth-order valence-corrected chi connectivity index (χ4v) is 2.12. The third-order valence-corrected chi connectivity index (χ3v) is 2.92. The van der Waals surface area contributed by atoms with Gasteiger partial charge in [0, 0.05) is 12.6 Å². The maximum Gasteiger partial charge on any atom is 0.0845 e. The van der Waals surface area contributed by atoms with Crippen molar-refractivity contribution >= 4 is 0 Å². The molecule has 12 heavy (non-hydrogen) atoms. The Bertz CT molecular complexity index is 132. The molecule has 1 rings (SSSR count). The average molecular weight is 172 g/mol. The second-order valence-corrected chi connectivity index (χ2v) is 3.59. The Hall–Kier alpha value is -0.120. The molecule has 1 aliphatic carbocycles. The fourth-order valence-electron chi connectivity index (χ4n) is 2.12. The smallest absolute Gasteiger partial charge is 0.0845 e. The molecule has 0 aromatic heterocycles. The van der Waals surface area contributed by atoms with Crippen LogP contribution < -0.4 is 11.3 Å². The summed E-state index contributed by atoms with van der Waals surface area (Å²) in [5.41, 5.74) is 2.82. The van der Waals surface area contributed by atoms with Crippen LogP contribution in [0.1, 0.15) is 39.5 Å². The van der Waals surface area contributed by atoms with Crippen LogP contribution in [0.25, 0.3) is 0 Å².